The Hall–Kier alpha value is -1.82. The lowest BCUT2D eigenvalue weighted by atomic mass is 9.78. The quantitative estimate of drug-likeness (QED) is 0.410. The zero-order chi connectivity index (χ0) is 16.1. The van der Waals surface area contributed by atoms with Gasteiger partial charge in [-0.05, 0) is 49.6 Å². The molecule has 0 heteroatoms. The minimum atomic E-state index is 0.144. The fraction of sp³-hybridized carbons (Fsp3) is 0.364. The Bertz CT molecular complexity index is 827. The molecular formula is C22H26. The SMILES string of the molecule is CC(C)(C)c1cc2cccc(C(C)(C)C)c2c2ccccc12. The van der Waals surface area contributed by atoms with Gasteiger partial charge in [0.05, 0.1) is 0 Å². The normalized spacial score (nSPS) is 13.0. The summed E-state index contributed by atoms with van der Waals surface area (Å²) in [5.41, 5.74) is 3.15. The van der Waals surface area contributed by atoms with Crippen molar-refractivity contribution in [1.82, 2.24) is 0 Å². The van der Waals surface area contributed by atoms with Crippen LogP contribution < -0.4 is 0 Å². The number of fused-ring (bicyclic) bond motifs is 3. The monoisotopic (exact) mass is 290 g/mol. The van der Waals surface area contributed by atoms with E-state index in [0.717, 1.165) is 0 Å². The highest BCUT2D eigenvalue weighted by Crippen LogP contribution is 2.39. The first-order chi connectivity index (χ1) is 10.2. The van der Waals surface area contributed by atoms with E-state index in [1.165, 1.54) is 32.7 Å². The van der Waals surface area contributed by atoms with Gasteiger partial charge in [0.25, 0.3) is 0 Å². The second-order valence-corrected chi connectivity index (χ2v) is 8.37. The van der Waals surface area contributed by atoms with Crippen molar-refractivity contribution in [2.75, 3.05) is 0 Å². The maximum absolute atomic E-state index is 2.40. The Morgan fingerprint density at radius 1 is 0.591 bits per heavy atom. The Kier molecular flexibility index (Phi) is 3.32. The third-order valence-corrected chi connectivity index (χ3v) is 4.50. The van der Waals surface area contributed by atoms with Crippen LogP contribution >= 0.6 is 0 Å². The zero-order valence-electron chi connectivity index (χ0n) is 14.6. The van der Waals surface area contributed by atoms with Crippen LogP contribution in [-0.4, -0.2) is 0 Å². The summed E-state index contributed by atoms with van der Waals surface area (Å²) in [6.45, 7) is 13.8. The Labute approximate surface area is 134 Å². The molecule has 0 radical (unpaired) electrons. The topological polar surface area (TPSA) is 0 Å². The molecule has 0 nitrogen and oxygen atoms in total. The molecule has 0 aliphatic rings. The molecule has 0 N–H and O–H groups in total. The summed E-state index contributed by atoms with van der Waals surface area (Å²) >= 11 is 0. The van der Waals surface area contributed by atoms with Crippen molar-refractivity contribution in [1.29, 1.82) is 0 Å². The van der Waals surface area contributed by atoms with Gasteiger partial charge in [0.1, 0.15) is 0 Å². The van der Waals surface area contributed by atoms with Crippen LogP contribution in [0.5, 0.6) is 0 Å². The van der Waals surface area contributed by atoms with Crippen LogP contribution in [-0.2, 0) is 10.8 Å². The highest BCUT2D eigenvalue weighted by atomic mass is 14.3. The number of hydrogen-bond acceptors (Lipinski definition) is 0. The van der Waals surface area contributed by atoms with Gasteiger partial charge in [0, 0.05) is 0 Å². The van der Waals surface area contributed by atoms with Crippen molar-refractivity contribution in [2.24, 2.45) is 0 Å². The predicted molar refractivity (Wildman–Crippen MR) is 98.9 cm³/mol. The second kappa shape index (κ2) is 4.84. The third kappa shape index (κ3) is 2.41. The highest BCUT2D eigenvalue weighted by Gasteiger charge is 2.22. The smallest absolute Gasteiger partial charge is 0.00678 e. The van der Waals surface area contributed by atoms with E-state index in [1.807, 2.05) is 0 Å². The molecule has 0 unspecified atom stereocenters. The van der Waals surface area contributed by atoms with Crippen molar-refractivity contribution >= 4 is 21.5 Å². The van der Waals surface area contributed by atoms with Crippen LogP contribution in [0.25, 0.3) is 21.5 Å². The molecule has 0 amide bonds. The van der Waals surface area contributed by atoms with Crippen LogP contribution in [0, 0.1) is 0 Å². The van der Waals surface area contributed by atoms with Crippen LogP contribution in [0.4, 0.5) is 0 Å². The molecule has 0 atom stereocenters. The van der Waals surface area contributed by atoms with Gasteiger partial charge in [-0.3, -0.25) is 0 Å². The molecule has 22 heavy (non-hydrogen) atoms. The van der Waals surface area contributed by atoms with Crippen LogP contribution in [0.3, 0.4) is 0 Å². The fourth-order valence-electron chi connectivity index (χ4n) is 3.41. The minimum Gasteiger partial charge on any atom is -0.0616 e. The Morgan fingerprint density at radius 2 is 1.18 bits per heavy atom. The minimum absolute atomic E-state index is 0.144. The summed E-state index contributed by atoms with van der Waals surface area (Å²) in [7, 11) is 0. The van der Waals surface area contributed by atoms with E-state index < -0.39 is 0 Å². The van der Waals surface area contributed by atoms with Gasteiger partial charge in [-0.1, -0.05) is 84.0 Å². The summed E-state index contributed by atoms with van der Waals surface area (Å²) in [5.74, 6) is 0. The summed E-state index contributed by atoms with van der Waals surface area (Å²) in [6, 6.07) is 18.0. The molecule has 0 fully saturated rings. The van der Waals surface area contributed by atoms with E-state index in [4.69, 9.17) is 0 Å². The fourth-order valence-corrected chi connectivity index (χ4v) is 3.41. The van der Waals surface area contributed by atoms with E-state index in [-0.39, 0.29) is 10.8 Å². The van der Waals surface area contributed by atoms with Gasteiger partial charge < -0.3 is 0 Å². The van der Waals surface area contributed by atoms with E-state index in [0.29, 0.717) is 0 Å². The molecule has 0 aliphatic carbocycles. The van der Waals surface area contributed by atoms with Gasteiger partial charge in [-0.2, -0.15) is 0 Å². The standard InChI is InChI=1S/C22H26/c1-21(2,3)18-13-9-10-15-14-19(22(4,5)6)16-11-7-8-12-17(16)20(15)18/h7-14H,1-6H3. The van der Waals surface area contributed by atoms with Crippen LogP contribution in [0.2, 0.25) is 0 Å². The summed E-state index contributed by atoms with van der Waals surface area (Å²) in [5, 5.41) is 5.55. The largest absolute Gasteiger partial charge is 0.0616 e. The summed E-state index contributed by atoms with van der Waals surface area (Å²) in [4.78, 5) is 0. The molecule has 0 saturated heterocycles. The summed E-state index contributed by atoms with van der Waals surface area (Å²) < 4.78 is 0. The summed E-state index contributed by atoms with van der Waals surface area (Å²) in [6.07, 6.45) is 0. The Morgan fingerprint density at radius 3 is 1.77 bits per heavy atom. The van der Waals surface area contributed by atoms with Crippen molar-refractivity contribution in [2.45, 2.75) is 52.4 Å². The molecular weight excluding hydrogens is 264 g/mol. The van der Waals surface area contributed by atoms with Gasteiger partial charge in [0.2, 0.25) is 0 Å². The number of benzene rings is 3. The number of hydrogen-bond donors (Lipinski definition) is 0. The molecule has 0 heterocycles. The van der Waals surface area contributed by atoms with Gasteiger partial charge in [-0.15, -0.1) is 0 Å². The molecule has 0 spiro atoms. The molecule has 114 valence electrons. The molecule has 0 saturated carbocycles. The van der Waals surface area contributed by atoms with Crippen molar-refractivity contribution in [3.05, 3.63) is 59.7 Å². The predicted octanol–water partition coefficient (Wildman–Crippen LogP) is 6.59. The van der Waals surface area contributed by atoms with Gasteiger partial charge in [0.15, 0.2) is 0 Å². The number of rotatable bonds is 0. The average molecular weight is 290 g/mol. The van der Waals surface area contributed by atoms with Gasteiger partial charge >= 0.3 is 0 Å². The van der Waals surface area contributed by atoms with E-state index >= 15 is 0 Å². The van der Waals surface area contributed by atoms with Crippen molar-refractivity contribution < 1.29 is 0 Å². The molecule has 0 aromatic heterocycles. The second-order valence-electron chi connectivity index (χ2n) is 8.37. The molecule has 0 bridgehead atoms. The molecule has 3 aromatic carbocycles. The lowest BCUT2D eigenvalue weighted by Gasteiger charge is -2.26. The first-order valence-electron chi connectivity index (χ1n) is 8.15. The lowest BCUT2D eigenvalue weighted by Crippen LogP contribution is -2.14. The third-order valence-electron chi connectivity index (χ3n) is 4.50. The first kappa shape index (κ1) is 15.1. The lowest BCUT2D eigenvalue weighted by molar-refractivity contribution is 0.594. The van der Waals surface area contributed by atoms with E-state index in [9.17, 15) is 0 Å². The Balaban J connectivity index is 2.56. The molecule has 3 aromatic rings. The van der Waals surface area contributed by atoms with Crippen LogP contribution in [0.1, 0.15) is 52.7 Å². The van der Waals surface area contributed by atoms with Crippen LogP contribution in [0.15, 0.2) is 48.5 Å². The van der Waals surface area contributed by atoms with Gasteiger partial charge in [-0.25, -0.2) is 0 Å². The van der Waals surface area contributed by atoms with E-state index in [1.54, 1.807) is 0 Å². The maximum Gasteiger partial charge on any atom is -0.00678 e. The van der Waals surface area contributed by atoms with Crippen molar-refractivity contribution in [3.63, 3.8) is 0 Å². The molecule has 3 rings (SSSR count). The molecule has 0 aliphatic heterocycles. The highest BCUT2D eigenvalue weighted by molar-refractivity contribution is 6.11. The maximum atomic E-state index is 2.40. The average Bonchev–Trinajstić information content (AvgIpc) is 2.43. The zero-order valence-corrected chi connectivity index (χ0v) is 14.6. The van der Waals surface area contributed by atoms with E-state index in [2.05, 4.69) is 90.1 Å². The first-order valence-corrected chi connectivity index (χ1v) is 8.15. The van der Waals surface area contributed by atoms with Crippen molar-refractivity contribution in [3.8, 4) is 0 Å².